The smallest absolute Gasteiger partial charge is 0.326 e. The molecule has 1 aliphatic heterocycles. The van der Waals surface area contributed by atoms with Crippen molar-refractivity contribution in [1.82, 2.24) is 20.9 Å². The normalized spacial score (nSPS) is 14.2. The number of nitro groups is 1. The van der Waals surface area contributed by atoms with E-state index in [0.29, 0.717) is 45.5 Å². The number of amides is 4. The van der Waals surface area contributed by atoms with Gasteiger partial charge >= 0.3 is 6.03 Å². The SMILES string of the molecule is CC(=O)NCCCc1ccc(C(=Nc2ccc(C=C3NC(=O)NC3=O)cc2)c2c(O)[nH]c3ccc([N+](=O)[O-])cc23)cc1. The number of fused-ring (bicyclic) bond motifs is 1. The van der Waals surface area contributed by atoms with Crippen LogP contribution in [0.5, 0.6) is 5.88 Å². The quantitative estimate of drug-likeness (QED) is 0.0506. The number of nitro benzene ring substituents is 1. The second-order valence-electron chi connectivity index (χ2n) is 9.64. The summed E-state index contributed by atoms with van der Waals surface area (Å²) in [6.45, 7) is 2.04. The number of aromatic hydroxyl groups is 1. The van der Waals surface area contributed by atoms with Crippen LogP contribution in [-0.2, 0) is 16.0 Å². The van der Waals surface area contributed by atoms with Gasteiger partial charge in [-0.1, -0.05) is 36.4 Å². The van der Waals surface area contributed by atoms with Crippen LogP contribution < -0.4 is 16.0 Å². The van der Waals surface area contributed by atoms with Gasteiger partial charge < -0.3 is 20.7 Å². The third-order valence-electron chi connectivity index (χ3n) is 6.62. The number of aryl methyl sites for hydroxylation is 1. The Morgan fingerprint density at radius 2 is 1.79 bits per heavy atom. The summed E-state index contributed by atoms with van der Waals surface area (Å²) >= 11 is 0. The lowest BCUT2D eigenvalue weighted by Gasteiger charge is -2.10. The zero-order valence-electron chi connectivity index (χ0n) is 22.4. The highest BCUT2D eigenvalue weighted by atomic mass is 16.6. The Kier molecular flexibility index (Phi) is 7.78. The summed E-state index contributed by atoms with van der Waals surface area (Å²) in [5, 5.41) is 30.2. The fourth-order valence-electron chi connectivity index (χ4n) is 4.59. The van der Waals surface area contributed by atoms with E-state index in [9.17, 15) is 29.6 Å². The van der Waals surface area contributed by atoms with E-state index < -0.39 is 16.9 Å². The van der Waals surface area contributed by atoms with E-state index in [4.69, 9.17) is 4.99 Å². The minimum Gasteiger partial charge on any atom is -0.494 e. The average Bonchev–Trinajstić information content (AvgIpc) is 3.46. The van der Waals surface area contributed by atoms with Crippen molar-refractivity contribution in [2.24, 2.45) is 4.99 Å². The number of benzene rings is 3. The summed E-state index contributed by atoms with van der Waals surface area (Å²) in [5.74, 6) is -0.787. The number of rotatable bonds is 9. The highest BCUT2D eigenvalue weighted by molar-refractivity contribution is 6.22. The first-order chi connectivity index (χ1) is 20.2. The van der Waals surface area contributed by atoms with E-state index >= 15 is 0 Å². The Bertz CT molecular complexity index is 1770. The van der Waals surface area contributed by atoms with Gasteiger partial charge in [-0.15, -0.1) is 0 Å². The molecular formula is C30H26N6O6. The van der Waals surface area contributed by atoms with E-state index in [1.165, 1.54) is 31.2 Å². The van der Waals surface area contributed by atoms with Crippen molar-refractivity contribution in [3.63, 3.8) is 0 Å². The zero-order chi connectivity index (χ0) is 29.8. The van der Waals surface area contributed by atoms with E-state index in [0.717, 1.165) is 18.4 Å². The molecule has 4 amide bonds. The lowest BCUT2D eigenvalue weighted by molar-refractivity contribution is -0.384. The van der Waals surface area contributed by atoms with Gasteiger partial charge in [-0.2, -0.15) is 0 Å². The molecule has 0 saturated carbocycles. The van der Waals surface area contributed by atoms with Crippen molar-refractivity contribution < 1.29 is 24.4 Å². The van der Waals surface area contributed by atoms with E-state index in [1.54, 1.807) is 24.3 Å². The molecule has 5 rings (SSSR count). The predicted octanol–water partition coefficient (Wildman–Crippen LogP) is 4.20. The van der Waals surface area contributed by atoms with Crippen LogP contribution in [-0.4, -0.2) is 45.1 Å². The monoisotopic (exact) mass is 566 g/mol. The summed E-state index contributed by atoms with van der Waals surface area (Å²) in [6.07, 6.45) is 3.04. The third-order valence-corrected chi connectivity index (χ3v) is 6.62. The summed E-state index contributed by atoms with van der Waals surface area (Å²) in [6, 6.07) is 18.2. The second-order valence-corrected chi connectivity index (χ2v) is 9.64. The minimum atomic E-state index is -0.588. The largest absolute Gasteiger partial charge is 0.494 e. The number of hydrogen-bond donors (Lipinski definition) is 5. The molecule has 1 aromatic heterocycles. The van der Waals surface area contributed by atoms with Crippen LogP contribution in [0.15, 0.2) is 77.4 Å². The van der Waals surface area contributed by atoms with Gasteiger partial charge in [-0.05, 0) is 48.2 Å². The lowest BCUT2D eigenvalue weighted by Crippen LogP contribution is -2.22. The Balaban J connectivity index is 1.53. The molecule has 0 bridgehead atoms. The minimum absolute atomic E-state index is 0.0783. The fourth-order valence-corrected chi connectivity index (χ4v) is 4.59. The van der Waals surface area contributed by atoms with Crippen LogP contribution in [0.25, 0.3) is 17.0 Å². The van der Waals surface area contributed by atoms with Crippen molar-refractivity contribution >= 4 is 51.9 Å². The number of H-pyrrole nitrogens is 1. The molecule has 0 radical (unpaired) electrons. The van der Waals surface area contributed by atoms with Crippen LogP contribution in [0.1, 0.15) is 35.6 Å². The number of aromatic amines is 1. The number of urea groups is 1. The molecule has 12 heteroatoms. The highest BCUT2D eigenvalue weighted by Crippen LogP contribution is 2.34. The Morgan fingerprint density at radius 3 is 2.43 bits per heavy atom. The van der Waals surface area contributed by atoms with Gasteiger partial charge in [0.1, 0.15) is 5.70 Å². The Hall–Kier alpha value is -5.78. The number of nitrogens with zero attached hydrogens (tertiary/aromatic N) is 2. The van der Waals surface area contributed by atoms with Crippen LogP contribution in [0.4, 0.5) is 16.2 Å². The third kappa shape index (κ3) is 6.17. The van der Waals surface area contributed by atoms with Gasteiger partial charge in [0.05, 0.1) is 21.9 Å². The van der Waals surface area contributed by atoms with Crippen molar-refractivity contribution in [3.05, 3.63) is 105 Å². The molecule has 3 aromatic carbocycles. The van der Waals surface area contributed by atoms with Crippen LogP contribution >= 0.6 is 0 Å². The first kappa shape index (κ1) is 27.8. The number of carbonyl (C=O) groups excluding carboxylic acids is 3. The Morgan fingerprint density at radius 1 is 1.05 bits per heavy atom. The maximum Gasteiger partial charge on any atom is 0.326 e. The number of aromatic nitrogens is 1. The van der Waals surface area contributed by atoms with E-state index in [-0.39, 0.29) is 23.2 Å². The molecule has 1 fully saturated rings. The molecule has 1 aliphatic rings. The van der Waals surface area contributed by atoms with Crippen molar-refractivity contribution in [2.45, 2.75) is 19.8 Å². The fraction of sp³-hybridized carbons (Fsp3) is 0.133. The van der Waals surface area contributed by atoms with Gasteiger partial charge in [-0.3, -0.25) is 25.0 Å². The van der Waals surface area contributed by atoms with Crippen molar-refractivity contribution in [1.29, 1.82) is 0 Å². The topological polar surface area (TPSA) is 179 Å². The molecule has 212 valence electrons. The van der Waals surface area contributed by atoms with Gasteiger partial charge in [0.25, 0.3) is 11.6 Å². The van der Waals surface area contributed by atoms with E-state index in [1.807, 2.05) is 24.3 Å². The van der Waals surface area contributed by atoms with Crippen LogP contribution in [0, 0.1) is 10.1 Å². The maximum absolute atomic E-state index is 11.8. The number of imide groups is 1. The standard InChI is InChI=1S/C30H26N6O6/c1-17(37)31-14-2-3-18-4-8-20(9-5-18)27(26-23-16-22(36(41)42)12-13-24(23)33-29(26)39)32-21-10-6-19(7-11-21)15-25-28(38)35-30(40)34-25/h4-13,15-16,33,39H,2-3,14H2,1H3,(H,31,37)(H2,34,35,38,40). The average molecular weight is 567 g/mol. The molecule has 5 N–H and O–H groups in total. The molecule has 0 spiro atoms. The van der Waals surface area contributed by atoms with E-state index in [2.05, 4.69) is 20.9 Å². The zero-order valence-corrected chi connectivity index (χ0v) is 22.4. The molecule has 1 saturated heterocycles. The molecule has 0 aliphatic carbocycles. The van der Waals surface area contributed by atoms with Crippen molar-refractivity contribution in [2.75, 3.05) is 6.54 Å². The Labute approximate surface area is 239 Å². The molecule has 4 aromatic rings. The number of carbonyl (C=O) groups is 3. The summed E-state index contributed by atoms with van der Waals surface area (Å²) in [4.78, 5) is 53.1. The van der Waals surface area contributed by atoms with Gasteiger partial charge in [0.2, 0.25) is 5.91 Å². The molecule has 42 heavy (non-hydrogen) atoms. The molecular weight excluding hydrogens is 540 g/mol. The summed E-state index contributed by atoms with van der Waals surface area (Å²) in [5.41, 5.74) is 4.08. The second kappa shape index (κ2) is 11.8. The molecule has 12 nitrogen and oxygen atoms in total. The first-order valence-corrected chi connectivity index (χ1v) is 13.0. The predicted molar refractivity (Wildman–Crippen MR) is 156 cm³/mol. The first-order valence-electron chi connectivity index (χ1n) is 13.0. The maximum atomic E-state index is 11.8. The molecule has 0 atom stereocenters. The number of aliphatic imine (C=N–C) groups is 1. The van der Waals surface area contributed by atoms with Crippen molar-refractivity contribution in [3.8, 4) is 5.88 Å². The van der Waals surface area contributed by atoms with Gasteiger partial charge in [-0.25, -0.2) is 9.79 Å². The van der Waals surface area contributed by atoms with Crippen LogP contribution in [0.2, 0.25) is 0 Å². The molecule has 0 unspecified atom stereocenters. The van der Waals surface area contributed by atoms with Gasteiger partial charge in [0.15, 0.2) is 5.88 Å². The van der Waals surface area contributed by atoms with Crippen LogP contribution in [0.3, 0.4) is 0 Å². The molecule has 2 heterocycles. The summed E-state index contributed by atoms with van der Waals surface area (Å²) < 4.78 is 0. The number of hydrogen-bond acceptors (Lipinski definition) is 7. The lowest BCUT2D eigenvalue weighted by atomic mass is 9.98. The highest BCUT2D eigenvalue weighted by Gasteiger charge is 2.23. The number of non-ortho nitro benzene ring substituents is 1. The number of nitrogens with one attached hydrogen (secondary N) is 4. The van der Waals surface area contributed by atoms with Gasteiger partial charge in [0, 0.05) is 42.1 Å². The summed E-state index contributed by atoms with van der Waals surface area (Å²) in [7, 11) is 0.